The fourth-order valence-corrected chi connectivity index (χ4v) is 4.09. The van der Waals surface area contributed by atoms with Gasteiger partial charge in [0.25, 0.3) is 17.7 Å². The molecule has 0 saturated heterocycles. The van der Waals surface area contributed by atoms with Crippen LogP contribution in [0.15, 0.2) is 42.5 Å². The van der Waals surface area contributed by atoms with Crippen LogP contribution in [0.25, 0.3) is 0 Å². The molecule has 2 aromatic carbocycles. The SMILES string of the molecule is CC(C)[C@H]1CCc2ccccc2N1C(=O)c1ccc2c(c1)C(=O)N(C)C2=O. The Morgan fingerprint density at radius 2 is 1.74 bits per heavy atom. The zero-order chi connectivity index (χ0) is 19.3. The van der Waals surface area contributed by atoms with Crippen molar-refractivity contribution in [1.29, 1.82) is 0 Å². The number of para-hydroxylation sites is 1. The number of anilines is 1. The Balaban J connectivity index is 1.78. The first-order valence-corrected chi connectivity index (χ1v) is 9.28. The number of imide groups is 1. The van der Waals surface area contributed by atoms with Gasteiger partial charge in [-0.2, -0.15) is 0 Å². The molecule has 0 N–H and O–H groups in total. The molecule has 2 aromatic rings. The average molecular weight is 362 g/mol. The summed E-state index contributed by atoms with van der Waals surface area (Å²) in [6, 6.07) is 12.9. The molecule has 27 heavy (non-hydrogen) atoms. The van der Waals surface area contributed by atoms with Crippen molar-refractivity contribution in [3.63, 3.8) is 0 Å². The number of carbonyl (C=O) groups excluding carboxylic acids is 3. The van der Waals surface area contributed by atoms with Gasteiger partial charge in [0.05, 0.1) is 11.1 Å². The van der Waals surface area contributed by atoms with E-state index in [2.05, 4.69) is 19.9 Å². The van der Waals surface area contributed by atoms with Gasteiger partial charge in [-0.15, -0.1) is 0 Å². The Labute approximate surface area is 158 Å². The molecule has 0 spiro atoms. The van der Waals surface area contributed by atoms with Crippen LogP contribution in [0.3, 0.4) is 0 Å². The number of hydrogen-bond acceptors (Lipinski definition) is 3. The third kappa shape index (κ3) is 2.65. The van der Waals surface area contributed by atoms with Crippen LogP contribution in [0.4, 0.5) is 5.69 Å². The zero-order valence-corrected chi connectivity index (χ0v) is 15.7. The molecule has 2 heterocycles. The fraction of sp³-hybridized carbons (Fsp3) is 0.318. The summed E-state index contributed by atoms with van der Waals surface area (Å²) in [5.41, 5.74) is 3.20. The molecular weight excluding hydrogens is 340 g/mol. The smallest absolute Gasteiger partial charge is 0.261 e. The molecule has 4 rings (SSSR count). The Kier molecular flexibility index (Phi) is 4.10. The lowest BCUT2D eigenvalue weighted by Crippen LogP contribution is -2.46. The highest BCUT2D eigenvalue weighted by Crippen LogP contribution is 2.35. The number of fused-ring (bicyclic) bond motifs is 2. The largest absolute Gasteiger partial charge is 0.305 e. The highest BCUT2D eigenvalue weighted by molar-refractivity contribution is 6.22. The van der Waals surface area contributed by atoms with Gasteiger partial charge < -0.3 is 4.90 Å². The van der Waals surface area contributed by atoms with E-state index in [0.29, 0.717) is 22.6 Å². The van der Waals surface area contributed by atoms with Crippen molar-refractivity contribution in [2.45, 2.75) is 32.7 Å². The highest BCUT2D eigenvalue weighted by Gasteiger charge is 2.36. The zero-order valence-electron chi connectivity index (χ0n) is 15.7. The second-order valence-electron chi connectivity index (χ2n) is 7.58. The Morgan fingerprint density at radius 3 is 2.48 bits per heavy atom. The Bertz CT molecular complexity index is 964. The molecule has 0 saturated carbocycles. The van der Waals surface area contributed by atoms with E-state index in [1.807, 2.05) is 23.1 Å². The van der Waals surface area contributed by atoms with Crippen LogP contribution < -0.4 is 4.90 Å². The summed E-state index contributed by atoms with van der Waals surface area (Å²) in [6.07, 6.45) is 1.86. The number of nitrogens with zero attached hydrogens (tertiary/aromatic N) is 2. The predicted octanol–water partition coefficient (Wildman–Crippen LogP) is 3.53. The maximum Gasteiger partial charge on any atom is 0.261 e. The van der Waals surface area contributed by atoms with E-state index < -0.39 is 0 Å². The van der Waals surface area contributed by atoms with Gasteiger partial charge in [0, 0.05) is 24.3 Å². The molecule has 0 unspecified atom stereocenters. The van der Waals surface area contributed by atoms with Crippen molar-refractivity contribution in [3.8, 4) is 0 Å². The van der Waals surface area contributed by atoms with Crippen molar-refractivity contribution in [2.75, 3.05) is 11.9 Å². The fourth-order valence-electron chi connectivity index (χ4n) is 4.09. The molecule has 5 nitrogen and oxygen atoms in total. The van der Waals surface area contributed by atoms with Crippen molar-refractivity contribution in [3.05, 3.63) is 64.7 Å². The predicted molar refractivity (Wildman–Crippen MR) is 103 cm³/mol. The van der Waals surface area contributed by atoms with Crippen molar-refractivity contribution in [1.82, 2.24) is 4.90 Å². The Morgan fingerprint density at radius 1 is 1.04 bits per heavy atom. The van der Waals surface area contributed by atoms with E-state index in [0.717, 1.165) is 29.0 Å². The second-order valence-corrected chi connectivity index (χ2v) is 7.58. The first kappa shape index (κ1) is 17.5. The summed E-state index contributed by atoms with van der Waals surface area (Å²) < 4.78 is 0. The lowest BCUT2D eigenvalue weighted by molar-refractivity contribution is 0.0693. The lowest BCUT2D eigenvalue weighted by Gasteiger charge is -2.39. The van der Waals surface area contributed by atoms with Gasteiger partial charge >= 0.3 is 0 Å². The van der Waals surface area contributed by atoms with Gasteiger partial charge in [0.15, 0.2) is 0 Å². The van der Waals surface area contributed by atoms with Gasteiger partial charge in [-0.1, -0.05) is 32.0 Å². The summed E-state index contributed by atoms with van der Waals surface area (Å²) in [7, 11) is 1.46. The van der Waals surface area contributed by atoms with Crippen LogP contribution in [-0.2, 0) is 6.42 Å². The Hall–Kier alpha value is -2.95. The van der Waals surface area contributed by atoms with Crippen molar-refractivity contribution >= 4 is 23.4 Å². The quantitative estimate of drug-likeness (QED) is 0.768. The molecule has 2 aliphatic heterocycles. The van der Waals surface area contributed by atoms with Crippen LogP contribution in [0.2, 0.25) is 0 Å². The minimum atomic E-state index is -0.357. The molecule has 138 valence electrons. The normalized spacial score (nSPS) is 18.7. The molecule has 5 heteroatoms. The van der Waals surface area contributed by atoms with E-state index in [1.165, 1.54) is 7.05 Å². The average Bonchev–Trinajstić information content (AvgIpc) is 2.90. The number of rotatable bonds is 2. The number of carbonyl (C=O) groups is 3. The summed E-state index contributed by atoms with van der Waals surface area (Å²) in [5.74, 6) is -0.494. The minimum absolute atomic E-state index is 0.0978. The number of benzene rings is 2. The first-order valence-electron chi connectivity index (χ1n) is 9.28. The molecule has 0 bridgehead atoms. The van der Waals surface area contributed by atoms with Gasteiger partial charge in [-0.25, -0.2) is 0 Å². The molecule has 1 atom stereocenters. The van der Waals surface area contributed by atoms with E-state index in [-0.39, 0.29) is 23.8 Å². The number of aryl methyl sites for hydroxylation is 1. The third-order valence-electron chi connectivity index (χ3n) is 5.62. The molecule has 0 fully saturated rings. The molecule has 0 aliphatic carbocycles. The summed E-state index contributed by atoms with van der Waals surface area (Å²) >= 11 is 0. The topological polar surface area (TPSA) is 57.7 Å². The van der Waals surface area contributed by atoms with E-state index in [1.54, 1.807) is 18.2 Å². The summed E-state index contributed by atoms with van der Waals surface area (Å²) in [6.45, 7) is 4.25. The first-order chi connectivity index (χ1) is 12.9. The second kappa shape index (κ2) is 6.34. The van der Waals surface area contributed by atoms with Crippen LogP contribution >= 0.6 is 0 Å². The van der Waals surface area contributed by atoms with Gasteiger partial charge in [0.2, 0.25) is 0 Å². The molecular formula is C22H22N2O3. The number of hydrogen-bond donors (Lipinski definition) is 0. The van der Waals surface area contributed by atoms with E-state index in [9.17, 15) is 14.4 Å². The maximum atomic E-state index is 13.5. The van der Waals surface area contributed by atoms with Crippen LogP contribution in [0, 0.1) is 5.92 Å². The minimum Gasteiger partial charge on any atom is -0.305 e. The van der Waals surface area contributed by atoms with Crippen molar-refractivity contribution in [2.24, 2.45) is 5.92 Å². The lowest BCUT2D eigenvalue weighted by atomic mass is 9.88. The van der Waals surface area contributed by atoms with Crippen LogP contribution in [-0.4, -0.2) is 35.7 Å². The summed E-state index contributed by atoms with van der Waals surface area (Å²) in [4.78, 5) is 40.8. The van der Waals surface area contributed by atoms with Crippen molar-refractivity contribution < 1.29 is 14.4 Å². The highest BCUT2D eigenvalue weighted by atomic mass is 16.2. The third-order valence-corrected chi connectivity index (χ3v) is 5.62. The summed E-state index contributed by atoms with van der Waals surface area (Å²) in [5, 5.41) is 0. The molecule has 0 aromatic heterocycles. The van der Waals surface area contributed by atoms with E-state index >= 15 is 0 Å². The van der Waals surface area contributed by atoms with Crippen LogP contribution in [0.5, 0.6) is 0 Å². The standard InChI is InChI=1S/C22H22N2O3/c1-13(2)18-11-9-14-6-4-5-7-19(14)24(18)20(25)15-8-10-16-17(12-15)22(27)23(3)21(16)26/h4-8,10,12-13,18H,9,11H2,1-3H3/t18-/m1/s1. The van der Waals surface area contributed by atoms with Gasteiger partial charge in [-0.3, -0.25) is 19.3 Å². The molecule has 0 radical (unpaired) electrons. The van der Waals surface area contributed by atoms with Gasteiger partial charge in [-0.05, 0) is 48.6 Å². The monoisotopic (exact) mass is 362 g/mol. The number of amides is 3. The molecule has 2 aliphatic rings. The molecule has 3 amide bonds. The van der Waals surface area contributed by atoms with Crippen LogP contribution in [0.1, 0.15) is 56.9 Å². The van der Waals surface area contributed by atoms with E-state index in [4.69, 9.17) is 0 Å². The maximum absolute atomic E-state index is 13.5. The van der Waals surface area contributed by atoms with Gasteiger partial charge in [0.1, 0.15) is 0 Å².